The molecule has 16 heteroatoms. The van der Waals surface area contributed by atoms with E-state index >= 15 is 0 Å². The molecule has 0 fully saturated rings. The summed E-state index contributed by atoms with van der Waals surface area (Å²) in [6.07, 6.45) is 0.898. The van der Waals surface area contributed by atoms with Gasteiger partial charge >= 0.3 is 0 Å². The van der Waals surface area contributed by atoms with Crippen LogP contribution in [0.1, 0.15) is 0 Å². The second kappa shape index (κ2) is 12.7. The van der Waals surface area contributed by atoms with E-state index in [0.29, 0.717) is 0 Å². The van der Waals surface area contributed by atoms with Crippen LogP contribution in [0.5, 0.6) is 0 Å². The van der Waals surface area contributed by atoms with E-state index in [4.69, 9.17) is 10.5 Å². The summed E-state index contributed by atoms with van der Waals surface area (Å²) in [7, 11) is -3.69. The number of anilines is 1. The Hall–Kier alpha value is -2.98. The van der Waals surface area contributed by atoms with E-state index in [1.165, 1.54) is 12.1 Å². The summed E-state index contributed by atoms with van der Waals surface area (Å²) in [6, 6.07) is 3.83. The van der Waals surface area contributed by atoms with Gasteiger partial charge in [-0.1, -0.05) is 10.3 Å². The molecule has 0 aliphatic carbocycles. The summed E-state index contributed by atoms with van der Waals surface area (Å²) in [4.78, 5) is 0. The molecule has 31 heavy (non-hydrogen) atoms. The second-order valence-electron chi connectivity index (χ2n) is 5.70. The zero-order valence-corrected chi connectivity index (χ0v) is 18.6. The molecular weight excluding hydrogens is 503 g/mol. The highest BCUT2D eigenvalue weighted by molar-refractivity contribution is 9.10. The highest BCUT2D eigenvalue weighted by atomic mass is 79.9. The highest BCUT2D eigenvalue weighted by Crippen LogP contribution is 2.20. The number of halogens is 2. The van der Waals surface area contributed by atoms with Crippen molar-refractivity contribution in [2.75, 3.05) is 37.8 Å². The third kappa shape index (κ3) is 9.58. The summed E-state index contributed by atoms with van der Waals surface area (Å²) < 4.78 is 39.5. The fourth-order valence-corrected chi connectivity index (χ4v) is 2.82. The van der Waals surface area contributed by atoms with Crippen LogP contribution in [-0.4, -0.2) is 79.8 Å². The molecule has 0 unspecified atom stereocenters. The lowest BCUT2D eigenvalue weighted by molar-refractivity contribution is 0.300. The van der Waals surface area contributed by atoms with Gasteiger partial charge in [-0.25, -0.2) is 12.8 Å². The Morgan fingerprint density at radius 3 is 2.35 bits per heavy atom. The van der Waals surface area contributed by atoms with Crippen LogP contribution in [-0.2, 0) is 10.0 Å². The van der Waals surface area contributed by atoms with Crippen LogP contribution in [0.15, 0.2) is 37.4 Å². The molecule has 0 aliphatic heterocycles. The average molecular weight is 525 g/mol. The summed E-state index contributed by atoms with van der Waals surface area (Å²) in [5.74, 6) is -1.44. The SMILES string of the molecule is CS(=O)(=O)/N=C(\NCCO)NCCNC(=N)C(=N\O)/C(=N/O)Nc1ccc(F)c(Br)c1. The van der Waals surface area contributed by atoms with Crippen molar-refractivity contribution < 1.29 is 28.3 Å². The second-order valence-corrected chi connectivity index (χ2v) is 8.21. The fraction of sp³-hybridized carbons (Fsp3) is 0.333. The molecule has 0 saturated heterocycles. The van der Waals surface area contributed by atoms with Crippen molar-refractivity contribution in [3.63, 3.8) is 0 Å². The molecule has 0 bridgehead atoms. The molecule has 0 amide bonds. The van der Waals surface area contributed by atoms with Gasteiger partial charge in [-0.05, 0) is 34.1 Å². The van der Waals surface area contributed by atoms with Crippen molar-refractivity contribution >= 4 is 55.0 Å². The minimum atomic E-state index is -3.69. The van der Waals surface area contributed by atoms with Crippen LogP contribution < -0.4 is 21.3 Å². The van der Waals surface area contributed by atoms with Gasteiger partial charge in [-0.2, -0.15) is 0 Å². The number of aliphatic hydroxyl groups is 1. The molecule has 8 N–H and O–H groups in total. The molecule has 0 radical (unpaired) electrons. The van der Waals surface area contributed by atoms with Gasteiger partial charge in [0.25, 0.3) is 10.0 Å². The number of nitrogens with zero attached hydrogens (tertiary/aromatic N) is 3. The van der Waals surface area contributed by atoms with Crippen molar-refractivity contribution in [3.8, 4) is 0 Å². The molecule has 0 spiro atoms. The van der Waals surface area contributed by atoms with Crippen molar-refractivity contribution in [2.24, 2.45) is 14.7 Å². The lowest BCUT2D eigenvalue weighted by Gasteiger charge is -2.14. The van der Waals surface area contributed by atoms with E-state index in [2.05, 4.69) is 51.9 Å². The minimum Gasteiger partial charge on any atom is -0.410 e. The van der Waals surface area contributed by atoms with Crippen LogP contribution in [0.2, 0.25) is 0 Å². The van der Waals surface area contributed by atoms with Crippen molar-refractivity contribution in [3.05, 3.63) is 28.5 Å². The number of aliphatic hydroxyl groups excluding tert-OH is 1. The molecule has 1 aromatic rings. The van der Waals surface area contributed by atoms with Gasteiger partial charge in [-0.15, -0.1) is 4.40 Å². The third-order valence-electron chi connectivity index (χ3n) is 3.22. The summed E-state index contributed by atoms with van der Waals surface area (Å²) in [6.45, 7) is -0.0575. The number of hydrogen-bond acceptors (Lipinski definition) is 8. The first-order chi connectivity index (χ1) is 14.6. The summed E-state index contributed by atoms with van der Waals surface area (Å²) in [5.41, 5.74) is -0.167. The van der Waals surface area contributed by atoms with Crippen LogP contribution >= 0.6 is 15.9 Å². The normalized spacial score (nSPS) is 13.0. The first kappa shape index (κ1) is 26.1. The Bertz CT molecular complexity index is 970. The Morgan fingerprint density at radius 1 is 1.16 bits per heavy atom. The average Bonchev–Trinajstić information content (AvgIpc) is 2.70. The molecule has 0 atom stereocenters. The maximum absolute atomic E-state index is 13.3. The summed E-state index contributed by atoms with van der Waals surface area (Å²) in [5, 5.41) is 51.5. The number of hydrogen-bond donors (Lipinski definition) is 8. The Balaban J connectivity index is 2.70. The third-order valence-corrected chi connectivity index (χ3v) is 4.35. The molecule has 0 aliphatic rings. The molecular formula is C15H22BrFN8O5S. The van der Waals surface area contributed by atoms with Gasteiger partial charge in [-0.3, -0.25) is 5.41 Å². The van der Waals surface area contributed by atoms with E-state index in [9.17, 15) is 23.2 Å². The highest BCUT2D eigenvalue weighted by Gasteiger charge is 2.17. The van der Waals surface area contributed by atoms with Crippen LogP contribution in [0.4, 0.5) is 10.1 Å². The number of guanidine groups is 1. The summed E-state index contributed by atoms with van der Waals surface area (Å²) >= 11 is 3.00. The van der Waals surface area contributed by atoms with Crippen LogP contribution in [0.3, 0.4) is 0 Å². The fourth-order valence-electron chi connectivity index (χ4n) is 1.98. The van der Waals surface area contributed by atoms with Crippen molar-refractivity contribution in [1.29, 1.82) is 5.41 Å². The predicted octanol–water partition coefficient (Wildman–Crippen LogP) is -0.328. The Morgan fingerprint density at radius 2 is 1.81 bits per heavy atom. The maximum Gasteiger partial charge on any atom is 0.253 e. The Kier molecular flexibility index (Phi) is 10.6. The first-order valence-electron chi connectivity index (χ1n) is 8.49. The van der Waals surface area contributed by atoms with E-state index in [1.807, 2.05) is 0 Å². The lowest BCUT2D eigenvalue weighted by Crippen LogP contribution is -2.45. The number of rotatable bonds is 9. The van der Waals surface area contributed by atoms with Gasteiger partial charge < -0.3 is 36.8 Å². The van der Waals surface area contributed by atoms with E-state index < -0.39 is 33.2 Å². The first-order valence-corrected chi connectivity index (χ1v) is 11.1. The number of amidine groups is 2. The van der Waals surface area contributed by atoms with Crippen molar-refractivity contribution in [1.82, 2.24) is 16.0 Å². The van der Waals surface area contributed by atoms with Crippen LogP contribution in [0.25, 0.3) is 0 Å². The minimum absolute atomic E-state index is 0.0439. The zero-order valence-electron chi connectivity index (χ0n) is 16.2. The number of benzene rings is 1. The number of oxime groups is 2. The van der Waals surface area contributed by atoms with Gasteiger partial charge in [0.05, 0.1) is 17.3 Å². The number of nitrogens with one attached hydrogen (secondary N) is 5. The van der Waals surface area contributed by atoms with Gasteiger partial charge in [0.2, 0.25) is 11.8 Å². The lowest BCUT2D eigenvalue weighted by atomic mass is 10.2. The predicted molar refractivity (Wildman–Crippen MR) is 117 cm³/mol. The molecule has 0 aromatic heterocycles. The smallest absolute Gasteiger partial charge is 0.253 e. The standard InChI is InChI=1S/C15H22BrFN8O5S/c1-31(29,30)25-15(21-6-7-26)20-5-4-19-13(18)12(23-27)14(24-28)22-9-2-3-11(17)10(16)8-9/h2-3,8,26-28H,4-7H2,1H3,(H2,18,19)(H,22,24)(H2,20,21,25)/b23-12+. The Labute approximate surface area is 185 Å². The zero-order chi connectivity index (χ0) is 23.4. The molecule has 1 rings (SSSR count). The monoisotopic (exact) mass is 524 g/mol. The largest absolute Gasteiger partial charge is 0.410 e. The van der Waals surface area contributed by atoms with E-state index in [0.717, 1.165) is 12.3 Å². The topological polar surface area (TPSA) is 204 Å². The molecule has 0 saturated carbocycles. The van der Waals surface area contributed by atoms with Gasteiger partial charge in [0, 0.05) is 25.3 Å². The van der Waals surface area contributed by atoms with Crippen LogP contribution in [0, 0.1) is 11.2 Å². The van der Waals surface area contributed by atoms with E-state index in [1.54, 1.807) is 0 Å². The molecule has 1 aromatic carbocycles. The maximum atomic E-state index is 13.3. The molecule has 13 nitrogen and oxygen atoms in total. The molecule has 172 valence electrons. The van der Waals surface area contributed by atoms with Gasteiger partial charge in [0.1, 0.15) is 5.82 Å². The number of sulfonamides is 1. The van der Waals surface area contributed by atoms with Crippen molar-refractivity contribution in [2.45, 2.75) is 0 Å². The van der Waals surface area contributed by atoms with E-state index in [-0.39, 0.29) is 42.4 Å². The quantitative estimate of drug-likeness (QED) is 0.0698. The molecule has 0 heterocycles. The van der Waals surface area contributed by atoms with Gasteiger partial charge in [0.15, 0.2) is 11.5 Å².